The van der Waals surface area contributed by atoms with E-state index in [1.54, 1.807) is 11.3 Å². The molecular formula is C12H13NS. The van der Waals surface area contributed by atoms with Crippen molar-refractivity contribution in [2.75, 3.05) is 0 Å². The van der Waals surface area contributed by atoms with Crippen LogP contribution in [0.4, 0.5) is 0 Å². The average Bonchev–Trinajstić information content (AvgIpc) is 2.70. The van der Waals surface area contributed by atoms with Crippen LogP contribution in [0.2, 0.25) is 0 Å². The molecule has 0 aliphatic heterocycles. The van der Waals surface area contributed by atoms with Gasteiger partial charge in [0.2, 0.25) is 0 Å². The van der Waals surface area contributed by atoms with E-state index in [1.807, 2.05) is 13.0 Å². The van der Waals surface area contributed by atoms with Gasteiger partial charge in [-0.1, -0.05) is 30.3 Å². The van der Waals surface area contributed by atoms with E-state index in [4.69, 9.17) is 5.73 Å². The highest BCUT2D eigenvalue weighted by Gasteiger charge is 2.07. The van der Waals surface area contributed by atoms with Crippen molar-refractivity contribution >= 4 is 11.3 Å². The Morgan fingerprint density at radius 2 is 1.93 bits per heavy atom. The Labute approximate surface area is 88.2 Å². The Balaban J connectivity index is 2.53. The van der Waals surface area contributed by atoms with E-state index in [0.29, 0.717) is 0 Å². The quantitative estimate of drug-likeness (QED) is 0.795. The van der Waals surface area contributed by atoms with Crippen LogP contribution in [0.3, 0.4) is 0 Å². The van der Waals surface area contributed by atoms with Crippen molar-refractivity contribution in [1.82, 2.24) is 0 Å². The Hall–Kier alpha value is -1.12. The predicted molar refractivity (Wildman–Crippen MR) is 62.4 cm³/mol. The van der Waals surface area contributed by atoms with Crippen LogP contribution in [-0.2, 0) is 0 Å². The van der Waals surface area contributed by atoms with Crippen molar-refractivity contribution in [3.63, 3.8) is 0 Å². The summed E-state index contributed by atoms with van der Waals surface area (Å²) in [6.07, 6.45) is 0. The standard InChI is InChI=1S/C12H13NS/c1-9(13)10-5-2-3-6-11(10)12-7-4-8-14-12/h2-9H,13H2,1H3. The number of hydrogen-bond donors (Lipinski definition) is 1. The van der Waals surface area contributed by atoms with Crippen molar-refractivity contribution in [1.29, 1.82) is 0 Å². The summed E-state index contributed by atoms with van der Waals surface area (Å²) >= 11 is 1.75. The van der Waals surface area contributed by atoms with Crippen LogP contribution in [0.25, 0.3) is 10.4 Å². The molecule has 1 aromatic carbocycles. The lowest BCUT2D eigenvalue weighted by atomic mass is 10.0. The largest absolute Gasteiger partial charge is 0.324 e. The van der Waals surface area contributed by atoms with Gasteiger partial charge in [-0.2, -0.15) is 0 Å². The molecule has 2 N–H and O–H groups in total. The van der Waals surface area contributed by atoms with Gasteiger partial charge < -0.3 is 5.73 Å². The lowest BCUT2D eigenvalue weighted by Crippen LogP contribution is -2.05. The molecule has 2 heteroatoms. The molecule has 72 valence electrons. The van der Waals surface area contributed by atoms with Gasteiger partial charge in [-0.15, -0.1) is 11.3 Å². The van der Waals surface area contributed by atoms with Crippen LogP contribution in [0.5, 0.6) is 0 Å². The summed E-state index contributed by atoms with van der Waals surface area (Å²) in [6.45, 7) is 2.02. The highest BCUT2D eigenvalue weighted by atomic mass is 32.1. The normalized spacial score (nSPS) is 12.7. The third-order valence-corrected chi connectivity index (χ3v) is 3.14. The van der Waals surface area contributed by atoms with Gasteiger partial charge in [-0.25, -0.2) is 0 Å². The van der Waals surface area contributed by atoms with Crippen LogP contribution in [0.1, 0.15) is 18.5 Å². The second kappa shape index (κ2) is 3.95. The first-order valence-corrected chi connectivity index (χ1v) is 5.55. The number of nitrogens with two attached hydrogens (primary N) is 1. The number of rotatable bonds is 2. The summed E-state index contributed by atoms with van der Waals surface area (Å²) in [4.78, 5) is 1.29. The lowest BCUT2D eigenvalue weighted by molar-refractivity contribution is 0.821. The molecule has 0 saturated carbocycles. The fourth-order valence-corrected chi connectivity index (χ4v) is 2.32. The average molecular weight is 203 g/mol. The molecule has 0 aliphatic rings. The molecule has 0 aliphatic carbocycles. The van der Waals surface area contributed by atoms with E-state index < -0.39 is 0 Å². The molecule has 0 fully saturated rings. The van der Waals surface area contributed by atoms with Crippen LogP contribution in [0, 0.1) is 0 Å². The second-order valence-electron chi connectivity index (χ2n) is 3.35. The SMILES string of the molecule is CC(N)c1ccccc1-c1cccs1. The molecule has 1 heterocycles. The first kappa shape index (κ1) is 9.44. The predicted octanol–water partition coefficient (Wildman–Crippen LogP) is 3.43. The van der Waals surface area contributed by atoms with Gasteiger partial charge in [0.25, 0.3) is 0 Å². The van der Waals surface area contributed by atoms with Crippen molar-refractivity contribution < 1.29 is 0 Å². The van der Waals surface area contributed by atoms with Crippen molar-refractivity contribution in [3.05, 3.63) is 47.3 Å². The van der Waals surface area contributed by atoms with Crippen LogP contribution in [-0.4, -0.2) is 0 Å². The molecule has 2 rings (SSSR count). The summed E-state index contributed by atoms with van der Waals surface area (Å²) in [5.41, 5.74) is 8.40. The van der Waals surface area contributed by atoms with Crippen LogP contribution in [0.15, 0.2) is 41.8 Å². The second-order valence-corrected chi connectivity index (χ2v) is 4.30. The molecule has 2 aromatic rings. The molecule has 1 nitrogen and oxygen atoms in total. The van der Waals surface area contributed by atoms with E-state index in [-0.39, 0.29) is 6.04 Å². The fraction of sp³-hybridized carbons (Fsp3) is 0.167. The Morgan fingerprint density at radius 1 is 1.14 bits per heavy atom. The van der Waals surface area contributed by atoms with Crippen molar-refractivity contribution in [2.45, 2.75) is 13.0 Å². The highest BCUT2D eigenvalue weighted by molar-refractivity contribution is 7.13. The molecule has 0 radical (unpaired) electrons. The Kier molecular flexibility index (Phi) is 2.66. The minimum atomic E-state index is 0.0910. The molecule has 1 aromatic heterocycles. The van der Waals surface area contributed by atoms with E-state index >= 15 is 0 Å². The van der Waals surface area contributed by atoms with Gasteiger partial charge >= 0.3 is 0 Å². The van der Waals surface area contributed by atoms with Gasteiger partial charge in [0.05, 0.1) is 0 Å². The van der Waals surface area contributed by atoms with Crippen molar-refractivity contribution in [3.8, 4) is 10.4 Å². The summed E-state index contributed by atoms with van der Waals surface area (Å²) in [6, 6.07) is 12.6. The Morgan fingerprint density at radius 3 is 2.57 bits per heavy atom. The highest BCUT2D eigenvalue weighted by Crippen LogP contribution is 2.30. The summed E-state index contributed by atoms with van der Waals surface area (Å²) in [7, 11) is 0. The smallest absolute Gasteiger partial charge is 0.0346 e. The maximum Gasteiger partial charge on any atom is 0.0346 e. The monoisotopic (exact) mass is 203 g/mol. The zero-order valence-corrected chi connectivity index (χ0v) is 8.92. The van der Waals surface area contributed by atoms with E-state index in [2.05, 4.69) is 35.7 Å². The summed E-state index contributed by atoms with van der Waals surface area (Å²) < 4.78 is 0. The molecule has 0 saturated heterocycles. The van der Waals surface area contributed by atoms with Gasteiger partial charge in [-0.3, -0.25) is 0 Å². The number of thiophene rings is 1. The molecule has 1 unspecified atom stereocenters. The molecular weight excluding hydrogens is 190 g/mol. The molecule has 14 heavy (non-hydrogen) atoms. The number of hydrogen-bond acceptors (Lipinski definition) is 2. The third-order valence-electron chi connectivity index (χ3n) is 2.24. The maximum absolute atomic E-state index is 5.93. The summed E-state index contributed by atoms with van der Waals surface area (Å²) in [5.74, 6) is 0. The summed E-state index contributed by atoms with van der Waals surface area (Å²) in [5, 5.41) is 2.09. The van der Waals surface area contributed by atoms with E-state index in [1.165, 1.54) is 16.0 Å². The van der Waals surface area contributed by atoms with E-state index in [0.717, 1.165) is 0 Å². The maximum atomic E-state index is 5.93. The zero-order chi connectivity index (χ0) is 9.97. The first-order chi connectivity index (χ1) is 6.79. The van der Waals surface area contributed by atoms with Gasteiger partial charge in [0, 0.05) is 10.9 Å². The number of benzene rings is 1. The minimum absolute atomic E-state index is 0.0910. The van der Waals surface area contributed by atoms with Crippen molar-refractivity contribution in [2.24, 2.45) is 5.73 Å². The fourth-order valence-electron chi connectivity index (χ4n) is 1.55. The first-order valence-electron chi connectivity index (χ1n) is 4.67. The topological polar surface area (TPSA) is 26.0 Å². The minimum Gasteiger partial charge on any atom is -0.324 e. The van der Waals surface area contributed by atoms with Crippen LogP contribution >= 0.6 is 11.3 Å². The van der Waals surface area contributed by atoms with Gasteiger partial charge in [-0.05, 0) is 29.5 Å². The van der Waals surface area contributed by atoms with Gasteiger partial charge in [0.15, 0.2) is 0 Å². The zero-order valence-electron chi connectivity index (χ0n) is 8.10. The molecule has 0 bridgehead atoms. The third kappa shape index (κ3) is 1.72. The molecule has 0 amide bonds. The molecule has 1 atom stereocenters. The Bertz CT molecular complexity index is 404. The van der Waals surface area contributed by atoms with Gasteiger partial charge in [0.1, 0.15) is 0 Å². The van der Waals surface area contributed by atoms with Crippen LogP contribution < -0.4 is 5.73 Å². The molecule has 0 spiro atoms. The van der Waals surface area contributed by atoms with E-state index in [9.17, 15) is 0 Å². The lowest BCUT2D eigenvalue weighted by Gasteiger charge is -2.10.